The van der Waals surface area contributed by atoms with Crippen molar-refractivity contribution in [1.82, 2.24) is 15.5 Å². The number of amides is 1. The van der Waals surface area contributed by atoms with E-state index in [1.54, 1.807) is 0 Å². The van der Waals surface area contributed by atoms with Gasteiger partial charge in [-0.1, -0.05) is 20.8 Å². The van der Waals surface area contributed by atoms with Crippen molar-refractivity contribution >= 4 is 17.7 Å². The molecule has 1 amide bonds. The average Bonchev–Trinajstić information content (AvgIpc) is 2.79. The molecule has 0 radical (unpaired) electrons. The molecule has 1 saturated heterocycles. The summed E-state index contributed by atoms with van der Waals surface area (Å²) >= 11 is 2.11. The van der Waals surface area contributed by atoms with Crippen LogP contribution in [0.25, 0.3) is 0 Å². The van der Waals surface area contributed by atoms with Crippen LogP contribution >= 0.6 is 11.8 Å². The highest BCUT2D eigenvalue weighted by Gasteiger charge is 2.33. The number of aliphatic hydroxyl groups excluding tert-OH is 1. The van der Waals surface area contributed by atoms with Gasteiger partial charge in [-0.2, -0.15) is 11.8 Å². The smallest absolute Gasteiger partial charge is 0.223 e. The number of nitrogens with one attached hydrogen (secondary N) is 2. The summed E-state index contributed by atoms with van der Waals surface area (Å²) in [7, 11) is 0. The molecule has 0 aromatic rings. The molecule has 1 fully saturated rings. The highest BCUT2D eigenvalue weighted by Crippen LogP contribution is 2.37. The highest BCUT2D eigenvalue weighted by molar-refractivity contribution is 7.99. The molecule has 0 bridgehead atoms. The van der Waals surface area contributed by atoms with Crippen molar-refractivity contribution in [3.63, 3.8) is 0 Å². The van der Waals surface area contributed by atoms with Crippen LogP contribution in [-0.2, 0) is 4.79 Å². The van der Waals surface area contributed by atoms with E-state index in [1.807, 2.05) is 0 Å². The zero-order chi connectivity index (χ0) is 23.5. The molecule has 0 saturated carbocycles. The topological polar surface area (TPSA) is 90.6 Å². The zero-order valence-electron chi connectivity index (χ0n) is 20.9. The van der Waals surface area contributed by atoms with E-state index >= 15 is 0 Å². The fraction of sp³-hybridized carbons (Fsp3) is 0.880. The van der Waals surface area contributed by atoms with Gasteiger partial charge in [-0.05, 0) is 68.8 Å². The zero-order valence-corrected chi connectivity index (χ0v) is 21.7. The van der Waals surface area contributed by atoms with Crippen LogP contribution in [0.1, 0.15) is 72.6 Å². The van der Waals surface area contributed by atoms with Crippen molar-refractivity contribution in [3.8, 4) is 0 Å². The van der Waals surface area contributed by atoms with Crippen LogP contribution < -0.4 is 16.4 Å². The van der Waals surface area contributed by atoms with Crippen molar-refractivity contribution < 1.29 is 9.90 Å². The predicted molar refractivity (Wildman–Crippen MR) is 136 cm³/mol. The molecule has 2 aliphatic rings. The molecule has 32 heavy (non-hydrogen) atoms. The van der Waals surface area contributed by atoms with Crippen molar-refractivity contribution in [2.45, 2.75) is 84.7 Å². The van der Waals surface area contributed by atoms with E-state index in [0.29, 0.717) is 38.1 Å². The molecule has 1 heterocycles. The number of carbonyl (C=O) groups is 1. The first-order valence-corrected chi connectivity index (χ1v) is 14.0. The second-order valence-electron chi connectivity index (χ2n) is 9.74. The van der Waals surface area contributed by atoms with E-state index in [9.17, 15) is 4.79 Å². The first kappa shape index (κ1) is 27.3. The van der Waals surface area contributed by atoms with Crippen molar-refractivity contribution in [2.75, 3.05) is 37.7 Å². The standard InChI is InChI=1S/C25H48N4O2S/c1-5-22(6-2)29(19(4)15-21-17-32-14-9-18(21)3)24-8-7-20(16-23(24)26)25(31)28-11-10-27-12-13-30/h18-22,27,30H,5-17,26H2,1-4H3,(H,28,31)/t18-,19?,20?,21?/m1/s1. The van der Waals surface area contributed by atoms with Crippen molar-refractivity contribution in [2.24, 2.45) is 23.5 Å². The molecule has 2 rings (SSSR count). The minimum atomic E-state index is -0.0368. The molecular weight excluding hydrogens is 420 g/mol. The number of aliphatic hydroxyl groups is 1. The lowest BCUT2D eigenvalue weighted by atomic mass is 9.84. The van der Waals surface area contributed by atoms with E-state index in [2.05, 4.69) is 55.0 Å². The van der Waals surface area contributed by atoms with Crippen molar-refractivity contribution in [3.05, 3.63) is 11.4 Å². The Hall–Kier alpha value is -0.920. The SMILES string of the molecule is CCC(CC)N(C1=C(N)CC(C(=O)NCCNCCO)CC1)C(C)CC1CSCC[C@H]1C. The molecule has 0 aromatic heterocycles. The van der Waals surface area contributed by atoms with Crippen LogP contribution in [0.4, 0.5) is 0 Å². The first-order chi connectivity index (χ1) is 15.4. The Balaban J connectivity index is 2.04. The van der Waals surface area contributed by atoms with Gasteiger partial charge in [0.15, 0.2) is 0 Å². The van der Waals surface area contributed by atoms with E-state index in [-0.39, 0.29) is 18.4 Å². The summed E-state index contributed by atoms with van der Waals surface area (Å²) in [4.78, 5) is 15.3. The Bertz CT molecular complexity index is 596. The lowest BCUT2D eigenvalue weighted by molar-refractivity contribution is -0.125. The number of thioether (sulfide) groups is 1. The number of carbonyl (C=O) groups excluding carboxylic acids is 1. The summed E-state index contributed by atoms with van der Waals surface area (Å²) in [5.74, 6) is 4.25. The van der Waals surface area contributed by atoms with Gasteiger partial charge in [0.25, 0.3) is 0 Å². The number of nitrogens with zero attached hydrogens (tertiary/aromatic N) is 1. The third-order valence-corrected chi connectivity index (χ3v) is 8.64. The largest absolute Gasteiger partial charge is 0.401 e. The number of nitrogens with two attached hydrogens (primary N) is 1. The Morgan fingerprint density at radius 3 is 2.62 bits per heavy atom. The van der Waals surface area contributed by atoms with Gasteiger partial charge in [0, 0.05) is 55.5 Å². The number of hydrogen-bond donors (Lipinski definition) is 4. The normalized spacial score (nSPS) is 25.1. The maximum atomic E-state index is 12.6. The lowest BCUT2D eigenvalue weighted by Crippen LogP contribution is -2.45. The lowest BCUT2D eigenvalue weighted by Gasteiger charge is -2.44. The van der Waals surface area contributed by atoms with Gasteiger partial charge in [-0.25, -0.2) is 0 Å². The molecule has 0 aromatic carbocycles. The summed E-state index contributed by atoms with van der Waals surface area (Å²) in [6, 6.07) is 0.982. The number of hydrogen-bond acceptors (Lipinski definition) is 6. The molecule has 1 aliphatic carbocycles. The van der Waals surface area contributed by atoms with Crippen LogP contribution in [0.5, 0.6) is 0 Å². The quantitative estimate of drug-likeness (QED) is 0.310. The Kier molecular flexibility index (Phi) is 12.3. The predicted octanol–water partition coefficient (Wildman–Crippen LogP) is 3.31. The van der Waals surface area contributed by atoms with Crippen LogP contribution in [0.15, 0.2) is 11.4 Å². The highest BCUT2D eigenvalue weighted by atomic mass is 32.2. The Morgan fingerprint density at radius 2 is 2.00 bits per heavy atom. The molecule has 5 N–H and O–H groups in total. The van der Waals surface area contributed by atoms with Gasteiger partial charge < -0.3 is 26.4 Å². The summed E-state index contributed by atoms with van der Waals surface area (Å²) in [6.45, 7) is 11.3. The molecule has 3 unspecified atom stereocenters. The van der Waals surface area contributed by atoms with Crippen molar-refractivity contribution in [1.29, 1.82) is 0 Å². The molecule has 1 aliphatic heterocycles. The minimum absolute atomic E-state index is 0.0368. The number of allylic oxidation sites excluding steroid dienone is 2. The average molecular weight is 469 g/mol. The Labute approximate surface area is 200 Å². The van der Waals surface area contributed by atoms with Gasteiger partial charge in [-0.3, -0.25) is 4.79 Å². The van der Waals surface area contributed by atoms with E-state index in [0.717, 1.165) is 43.2 Å². The van der Waals surface area contributed by atoms with Gasteiger partial charge in [0.05, 0.1) is 6.61 Å². The van der Waals surface area contributed by atoms with Crippen LogP contribution in [0, 0.1) is 17.8 Å². The van der Waals surface area contributed by atoms with E-state index in [1.165, 1.54) is 30.0 Å². The molecule has 6 nitrogen and oxygen atoms in total. The maximum absolute atomic E-state index is 12.6. The first-order valence-electron chi connectivity index (χ1n) is 12.9. The second kappa shape index (κ2) is 14.4. The molecule has 4 atom stereocenters. The summed E-state index contributed by atoms with van der Waals surface area (Å²) in [5, 5.41) is 14.9. The van der Waals surface area contributed by atoms with Gasteiger partial charge in [0.1, 0.15) is 0 Å². The summed E-state index contributed by atoms with van der Waals surface area (Å²) in [6.07, 6.45) is 7.23. The molecule has 186 valence electrons. The summed E-state index contributed by atoms with van der Waals surface area (Å²) < 4.78 is 0. The third kappa shape index (κ3) is 7.84. The minimum Gasteiger partial charge on any atom is -0.401 e. The molecule has 7 heteroatoms. The maximum Gasteiger partial charge on any atom is 0.223 e. The second-order valence-corrected chi connectivity index (χ2v) is 10.9. The van der Waals surface area contributed by atoms with E-state index < -0.39 is 0 Å². The Morgan fingerprint density at radius 1 is 1.25 bits per heavy atom. The fourth-order valence-electron chi connectivity index (χ4n) is 5.38. The summed E-state index contributed by atoms with van der Waals surface area (Å²) in [5.41, 5.74) is 8.88. The monoisotopic (exact) mass is 468 g/mol. The number of rotatable bonds is 13. The van der Waals surface area contributed by atoms with E-state index in [4.69, 9.17) is 10.8 Å². The van der Waals surface area contributed by atoms with Gasteiger partial charge >= 0.3 is 0 Å². The molecule has 0 spiro atoms. The van der Waals surface area contributed by atoms with Crippen LogP contribution in [0.2, 0.25) is 0 Å². The van der Waals surface area contributed by atoms with Crippen LogP contribution in [0.3, 0.4) is 0 Å². The van der Waals surface area contributed by atoms with Gasteiger partial charge in [-0.15, -0.1) is 0 Å². The fourth-order valence-corrected chi connectivity index (χ4v) is 6.85. The third-order valence-electron chi connectivity index (χ3n) is 7.45. The van der Waals surface area contributed by atoms with Gasteiger partial charge in [0.2, 0.25) is 5.91 Å². The van der Waals surface area contributed by atoms with Crippen LogP contribution in [-0.4, -0.2) is 65.7 Å². The molecular formula is C25H48N4O2S.